The fraction of sp³-hybridized carbons (Fsp3) is 0.500. The first-order chi connectivity index (χ1) is 13.4. The number of amides is 2. The summed E-state index contributed by atoms with van der Waals surface area (Å²) in [6.07, 6.45) is 1.85. The van der Waals surface area contributed by atoms with E-state index < -0.39 is 17.4 Å². The second kappa shape index (κ2) is 8.32. The quantitative estimate of drug-likeness (QED) is 0.529. The fourth-order valence-electron chi connectivity index (χ4n) is 3.58. The molecule has 3 atom stereocenters. The maximum atomic E-state index is 12.9. The van der Waals surface area contributed by atoms with Crippen LogP contribution in [0.5, 0.6) is 0 Å². The van der Waals surface area contributed by atoms with Gasteiger partial charge in [-0.1, -0.05) is 12.1 Å². The molecule has 0 aromatic heterocycles. The van der Waals surface area contributed by atoms with Gasteiger partial charge in [0.15, 0.2) is 0 Å². The second-order valence-electron chi connectivity index (χ2n) is 6.92. The van der Waals surface area contributed by atoms with Crippen molar-refractivity contribution >= 4 is 47.0 Å². The zero-order chi connectivity index (χ0) is 20.5. The van der Waals surface area contributed by atoms with E-state index in [0.29, 0.717) is 22.8 Å². The van der Waals surface area contributed by atoms with Crippen LogP contribution in [0.2, 0.25) is 0 Å². The number of anilines is 1. The fourth-order valence-corrected chi connectivity index (χ4v) is 6.17. The number of carboxylic acid groups (broad SMARTS) is 1. The summed E-state index contributed by atoms with van der Waals surface area (Å²) < 4.78 is 0. The predicted octanol–water partition coefficient (Wildman–Crippen LogP) is 0.188. The molecule has 2 heterocycles. The number of rotatable bonds is 7. The van der Waals surface area contributed by atoms with Crippen molar-refractivity contribution in [2.75, 3.05) is 35.8 Å². The number of hydrogen-bond donors (Lipinski definition) is 3. The molecule has 3 rings (SSSR count). The molecule has 4 N–H and O–H groups in total. The van der Waals surface area contributed by atoms with Crippen LogP contribution in [0.4, 0.5) is 5.69 Å². The molecule has 2 aliphatic rings. The summed E-state index contributed by atoms with van der Waals surface area (Å²) in [5, 5.41) is 18.6. The van der Waals surface area contributed by atoms with Gasteiger partial charge in [0.2, 0.25) is 11.8 Å². The number of benzene rings is 1. The Morgan fingerprint density at radius 2 is 2.07 bits per heavy atom. The third-order valence-electron chi connectivity index (χ3n) is 5.11. The van der Waals surface area contributed by atoms with Crippen LogP contribution in [-0.4, -0.2) is 75.2 Å². The highest BCUT2D eigenvalue weighted by Gasteiger charge is 2.59. The minimum absolute atomic E-state index is 0.119. The van der Waals surface area contributed by atoms with Crippen LogP contribution in [0.15, 0.2) is 24.3 Å². The molecule has 152 valence electrons. The van der Waals surface area contributed by atoms with E-state index in [1.54, 1.807) is 29.2 Å². The van der Waals surface area contributed by atoms with E-state index in [9.17, 15) is 24.6 Å². The molecule has 0 radical (unpaired) electrons. The number of aliphatic carboxylic acids is 1. The number of carboxylic acids is 1. The number of β-lactam (4-membered cyclic amide) rings is 1. The summed E-state index contributed by atoms with van der Waals surface area (Å²) in [4.78, 5) is 40.2. The molecule has 8 nitrogen and oxygen atoms in total. The maximum Gasteiger partial charge on any atom is 0.313 e. The lowest BCUT2D eigenvalue weighted by atomic mass is 9.89. The van der Waals surface area contributed by atoms with E-state index in [1.807, 2.05) is 6.26 Å². The summed E-state index contributed by atoms with van der Waals surface area (Å²) in [5.41, 5.74) is 5.82. The summed E-state index contributed by atoms with van der Waals surface area (Å²) >= 11 is 2.84. The molecule has 2 fully saturated rings. The maximum absolute atomic E-state index is 12.9. The predicted molar refractivity (Wildman–Crippen MR) is 109 cm³/mol. The Kier molecular flexibility index (Phi) is 6.23. The normalized spacial score (nSPS) is 26.4. The average Bonchev–Trinajstić information content (AvgIpc) is 2.71. The zero-order valence-corrected chi connectivity index (χ0v) is 17.0. The van der Waals surface area contributed by atoms with Gasteiger partial charge >= 0.3 is 5.97 Å². The van der Waals surface area contributed by atoms with Gasteiger partial charge in [0, 0.05) is 23.7 Å². The molecule has 0 bridgehead atoms. The number of thioether (sulfide) groups is 2. The highest BCUT2D eigenvalue weighted by Crippen LogP contribution is 2.45. The Balaban J connectivity index is 1.85. The molecule has 0 saturated carbocycles. The first-order valence-electron chi connectivity index (χ1n) is 8.75. The average molecular weight is 426 g/mol. The minimum atomic E-state index is -0.979. The van der Waals surface area contributed by atoms with Gasteiger partial charge in [-0.15, -0.1) is 11.8 Å². The molecule has 2 aliphatic heterocycles. The Bertz CT molecular complexity index is 775. The molecular formula is C18H23N3O5S2. The third-order valence-corrected chi connectivity index (χ3v) is 7.52. The van der Waals surface area contributed by atoms with E-state index in [4.69, 9.17) is 5.73 Å². The van der Waals surface area contributed by atoms with Crippen LogP contribution in [-0.2, 0) is 21.0 Å². The lowest BCUT2D eigenvalue weighted by Gasteiger charge is -2.56. The molecular weight excluding hydrogens is 402 g/mol. The summed E-state index contributed by atoms with van der Waals surface area (Å²) in [6.45, 7) is -0.217. The highest BCUT2D eigenvalue weighted by atomic mass is 32.2. The number of hydrogen-bond acceptors (Lipinski definition) is 7. The van der Waals surface area contributed by atoms with Gasteiger partial charge in [-0.2, -0.15) is 11.8 Å². The van der Waals surface area contributed by atoms with Crippen LogP contribution in [0.3, 0.4) is 0 Å². The Hall–Kier alpha value is -1.75. The van der Waals surface area contributed by atoms with Crippen molar-refractivity contribution in [2.45, 2.75) is 18.0 Å². The van der Waals surface area contributed by atoms with E-state index in [0.717, 1.165) is 0 Å². The molecule has 1 aromatic carbocycles. The molecule has 0 spiro atoms. The van der Waals surface area contributed by atoms with E-state index >= 15 is 0 Å². The topological polar surface area (TPSA) is 124 Å². The number of aliphatic hydroxyl groups excluding tert-OH is 1. The van der Waals surface area contributed by atoms with Crippen LogP contribution in [0.25, 0.3) is 0 Å². The lowest BCUT2D eigenvalue weighted by molar-refractivity contribution is -0.156. The summed E-state index contributed by atoms with van der Waals surface area (Å²) in [6, 6.07) is 6.03. The van der Waals surface area contributed by atoms with Crippen LogP contribution in [0.1, 0.15) is 5.56 Å². The van der Waals surface area contributed by atoms with Gasteiger partial charge in [-0.05, 0) is 24.0 Å². The van der Waals surface area contributed by atoms with Crippen molar-refractivity contribution in [1.82, 2.24) is 4.90 Å². The number of nitrogens with two attached hydrogens (primary N) is 1. The van der Waals surface area contributed by atoms with E-state index in [2.05, 4.69) is 0 Å². The smallest absolute Gasteiger partial charge is 0.313 e. The van der Waals surface area contributed by atoms with Crippen LogP contribution < -0.4 is 10.6 Å². The molecule has 1 aromatic rings. The standard InChI is InChI=1S/C18H23N3O5S2/c1-27-9-18(17(25)26)8-20-15(24)14(16(20)28-10-18)21(13(23)6-19)12-4-2-11(7-22)3-5-12/h2-5,14,16,22H,6-10,19H2,1H3,(H,25,26)/t14?,16-,18?/m1/s1. The molecule has 0 aliphatic carbocycles. The van der Waals surface area contributed by atoms with Gasteiger partial charge in [0.25, 0.3) is 0 Å². The minimum Gasteiger partial charge on any atom is -0.481 e. The van der Waals surface area contributed by atoms with Crippen LogP contribution >= 0.6 is 23.5 Å². The first-order valence-corrected chi connectivity index (χ1v) is 11.2. The van der Waals surface area contributed by atoms with E-state index in [1.165, 1.54) is 28.4 Å². The third kappa shape index (κ3) is 3.49. The molecule has 2 unspecified atom stereocenters. The van der Waals surface area contributed by atoms with Gasteiger partial charge in [-0.3, -0.25) is 19.3 Å². The first kappa shape index (κ1) is 21.0. The number of carbonyl (C=O) groups is 3. The van der Waals surface area contributed by atoms with Crippen LogP contribution in [0, 0.1) is 5.41 Å². The lowest BCUT2D eigenvalue weighted by Crippen LogP contribution is -2.75. The molecule has 2 saturated heterocycles. The molecule has 10 heteroatoms. The molecule has 2 amide bonds. The van der Waals surface area contributed by atoms with Crippen molar-refractivity contribution in [3.05, 3.63) is 29.8 Å². The van der Waals surface area contributed by atoms with Crippen molar-refractivity contribution in [2.24, 2.45) is 11.1 Å². The highest BCUT2D eigenvalue weighted by molar-refractivity contribution is 8.00. The van der Waals surface area contributed by atoms with Crippen molar-refractivity contribution in [1.29, 1.82) is 0 Å². The zero-order valence-electron chi connectivity index (χ0n) is 15.4. The van der Waals surface area contributed by atoms with Gasteiger partial charge in [0.05, 0.1) is 13.2 Å². The van der Waals surface area contributed by atoms with E-state index in [-0.39, 0.29) is 36.9 Å². The Morgan fingerprint density at radius 1 is 1.39 bits per heavy atom. The summed E-state index contributed by atoms with van der Waals surface area (Å²) in [5.74, 6) is -0.752. The second-order valence-corrected chi connectivity index (χ2v) is 8.89. The van der Waals surface area contributed by atoms with Gasteiger partial charge in [-0.25, -0.2) is 0 Å². The van der Waals surface area contributed by atoms with Crippen molar-refractivity contribution < 1.29 is 24.6 Å². The Morgan fingerprint density at radius 3 is 2.61 bits per heavy atom. The summed E-state index contributed by atoms with van der Waals surface area (Å²) in [7, 11) is 0. The SMILES string of the molecule is CSCC1(C(=O)O)CS[C@@H]2C(N(C(=O)CN)c3ccc(CO)cc3)C(=O)N2C1. The monoisotopic (exact) mass is 425 g/mol. The van der Waals surface area contributed by atoms with Gasteiger partial charge < -0.3 is 20.8 Å². The van der Waals surface area contributed by atoms with Crippen molar-refractivity contribution in [3.8, 4) is 0 Å². The largest absolute Gasteiger partial charge is 0.481 e. The number of fused-ring (bicyclic) bond motifs is 1. The van der Waals surface area contributed by atoms with Crippen molar-refractivity contribution in [3.63, 3.8) is 0 Å². The molecule has 28 heavy (non-hydrogen) atoms. The number of aliphatic hydroxyl groups is 1. The number of carbonyl (C=O) groups excluding carboxylic acids is 2. The number of nitrogens with zero attached hydrogens (tertiary/aromatic N) is 2. The van der Waals surface area contributed by atoms with Gasteiger partial charge in [0.1, 0.15) is 16.8 Å². The Labute approximate surface area is 171 Å².